The molecule has 0 aliphatic heterocycles. The van der Waals surface area contributed by atoms with Crippen molar-refractivity contribution in [3.63, 3.8) is 0 Å². The maximum atomic E-state index is 11.5. The van der Waals surface area contributed by atoms with Crippen LogP contribution in [0, 0.1) is 11.3 Å². The lowest BCUT2D eigenvalue weighted by Gasteiger charge is -2.05. The number of aromatic carboxylic acids is 1. The van der Waals surface area contributed by atoms with Crippen LogP contribution in [-0.2, 0) is 7.05 Å². The fraction of sp³-hybridized carbons (Fsp3) is 0.238. The largest absolute Gasteiger partial charge is 0.477 e. The van der Waals surface area contributed by atoms with Gasteiger partial charge in [0.05, 0.1) is 5.56 Å². The fourth-order valence-electron chi connectivity index (χ4n) is 2.48. The molecule has 9 heteroatoms. The third kappa shape index (κ3) is 8.05. The Balaban J connectivity index is 0.000000804. The molecule has 1 aromatic carbocycles. The van der Waals surface area contributed by atoms with Crippen molar-refractivity contribution < 1.29 is 23.1 Å². The van der Waals surface area contributed by atoms with Gasteiger partial charge in [0.25, 0.3) is 0 Å². The van der Waals surface area contributed by atoms with E-state index in [1.54, 1.807) is 36.8 Å². The molecule has 30 heavy (non-hydrogen) atoms. The van der Waals surface area contributed by atoms with Crippen LogP contribution in [0.5, 0.6) is 0 Å². The van der Waals surface area contributed by atoms with Crippen LogP contribution < -0.4 is 0 Å². The highest BCUT2D eigenvalue weighted by molar-refractivity contribution is 8.03. The summed E-state index contributed by atoms with van der Waals surface area (Å²) in [4.78, 5) is 12.7. The molecule has 0 fully saturated rings. The molecule has 0 spiro atoms. The summed E-state index contributed by atoms with van der Waals surface area (Å²) < 4.78 is 32.5. The number of aryl methyl sites for hydroxylation is 1. The lowest BCUT2D eigenvalue weighted by Crippen LogP contribution is -2.05. The minimum atomic E-state index is -4.00. The van der Waals surface area contributed by atoms with Crippen molar-refractivity contribution in [1.29, 1.82) is 5.26 Å². The van der Waals surface area contributed by atoms with Crippen molar-refractivity contribution in [2.45, 2.75) is 13.1 Å². The molecule has 0 amide bonds. The van der Waals surface area contributed by atoms with E-state index in [4.69, 9.17) is 0 Å². The summed E-state index contributed by atoms with van der Waals surface area (Å²) in [6.07, 6.45) is 5.70. The first-order valence-corrected chi connectivity index (χ1v) is 11.0. The van der Waals surface area contributed by atoms with Gasteiger partial charge in [-0.05, 0) is 41.2 Å². The van der Waals surface area contributed by atoms with Gasteiger partial charge in [0.2, 0.25) is 0 Å². The minimum absolute atomic E-state index is 0.118. The molecule has 0 saturated heterocycles. The number of carbonyl (C=O) groups is 1. The molecular weight excluding hydrogens is 433 g/mol. The third-order valence-electron chi connectivity index (χ3n) is 3.62. The van der Waals surface area contributed by atoms with Crippen molar-refractivity contribution in [2.24, 2.45) is 7.05 Å². The molecular formula is C21H21F3N2O2S2. The zero-order valence-corrected chi connectivity index (χ0v) is 18.5. The number of aromatic nitrogens is 1. The number of thioether (sulfide) groups is 2. The van der Waals surface area contributed by atoms with Gasteiger partial charge in [-0.25, -0.2) is 4.79 Å². The molecule has 2 rings (SSSR count). The lowest BCUT2D eigenvalue weighted by molar-refractivity contribution is -0.110. The Hall–Kier alpha value is -2.57. The normalized spacial score (nSPS) is 11.7. The number of benzene rings is 1. The number of hydrogen-bond donors (Lipinski definition) is 1. The van der Waals surface area contributed by atoms with Gasteiger partial charge in [-0.15, -0.1) is 23.5 Å². The zero-order valence-electron chi connectivity index (χ0n) is 16.8. The van der Waals surface area contributed by atoms with Crippen molar-refractivity contribution in [2.75, 3.05) is 12.5 Å². The smallest absolute Gasteiger partial charge is 0.386 e. The second kappa shape index (κ2) is 11.6. The third-order valence-corrected chi connectivity index (χ3v) is 4.75. The van der Waals surface area contributed by atoms with Crippen LogP contribution in [-0.4, -0.2) is 34.3 Å². The molecule has 0 radical (unpaired) electrons. The maximum Gasteiger partial charge on any atom is 0.386 e. The number of nitriles is 1. The van der Waals surface area contributed by atoms with Gasteiger partial charge in [0, 0.05) is 30.6 Å². The van der Waals surface area contributed by atoms with Crippen LogP contribution >= 0.6 is 23.5 Å². The molecule has 1 N–H and O–H groups in total. The van der Waals surface area contributed by atoms with E-state index < -0.39 is 12.1 Å². The van der Waals surface area contributed by atoms with Crippen LogP contribution in [0.1, 0.15) is 28.5 Å². The first-order chi connectivity index (χ1) is 14.0. The maximum absolute atomic E-state index is 11.5. The molecule has 0 atom stereocenters. The molecule has 0 aliphatic carbocycles. The average molecular weight is 455 g/mol. The second-order valence-corrected chi connectivity index (χ2v) is 7.61. The van der Waals surface area contributed by atoms with Gasteiger partial charge in [-0.3, -0.25) is 0 Å². The van der Waals surface area contributed by atoms with Crippen LogP contribution in [0.3, 0.4) is 0 Å². The number of hydrogen-bond acceptors (Lipinski definition) is 4. The average Bonchev–Trinajstić information content (AvgIpc) is 3.00. The standard InChI is InChI=1S/C19H18N2O2S2.C2H3F3/c1-21-12-15(11-20)17(18(21)19(22)23)14-6-4-13(5-7-14)10-16(25-3)8-9-24-2;1-2(3,4)5/h4-10,12H,1-3H3,(H,22,23);1H3/b9-8-,16-10-;. The van der Waals surface area contributed by atoms with Gasteiger partial charge < -0.3 is 9.67 Å². The number of rotatable bonds is 6. The molecule has 0 unspecified atom stereocenters. The lowest BCUT2D eigenvalue weighted by atomic mass is 10.0. The van der Waals surface area contributed by atoms with E-state index in [2.05, 4.69) is 18.2 Å². The molecule has 2 aromatic rings. The predicted molar refractivity (Wildman–Crippen MR) is 118 cm³/mol. The molecule has 0 bridgehead atoms. The van der Waals surface area contributed by atoms with E-state index in [0.717, 1.165) is 16.0 Å². The van der Waals surface area contributed by atoms with E-state index in [1.165, 1.54) is 4.57 Å². The fourth-order valence-corrected chi connectivity index (χ4v) is 3.31. The van der Waals surface area contributed by atoms with Gasteiger partial charge in [0.15, 0.2) is 0 Å². The van der Waals surface area contributed by atoms with Crippen LogP contribution in [0.25, 0.3) is 17.2 Å². The van der Waals surface area contributed by atoms with Gasteiger partial charge >= 0.3 is 12.1 Å². The van der Waals surface area contributed by atoms with E-state index in [0.29, 0.717) is 11.1 Å². The molecule has 0 aliphatic rings. The second-order valence-electron chi connectivity index (χ2n) is 5.99. The summed E-state index contributed by atoms with van der Waals surface area (Å²) in [6, 6.07) is 9.64. The molecule has 1 heterocycles. The molecule has 4 nitrogen and oxygen atoms in total. The van der Waals surface area contributed by atoms with E-state index in [1.807, 2.05) is 42.2 Å². The summed E-state index contributed by atoms with van der Waals surface area (Å²) in [5.41, 5.74) is 2.67. The summed E-state index contributed by atoms with van der Waals surface area (Å²) in [5, 5.41) is 20.8. The Bertz CT molecular complexity index is 964. The summed E-state index contributed by atoms with van der Waals surface area (Å²) in [6.45, 7) is 0.188. The predicted octanol–water partition coefficient (Wildman–Crippen LogP) is 6.41. The number of nitrogens with zero attached hydrogens (tertiary/aromatic N) is 2. The SMILES string of the molecule is CC(F)(F)F.CS/C=C\C(=C\c1ccc(-c2c(C#N)cn(C)c2C(=O)O)cc1)SC. The first-order valence-electron chi connectivity index (χ1n) is 8.46. The van der Waals surface area contributed by atoms with E-state index in [-0.39, 0.29) is 12.6 Å². The van der Waals surface area contributed by atoms with Crippen LogP contribution in [0.2, 0.25) is 0 Å². The number of alkyl halides is 3. The molecule has 0 saturated carbocycles. The van der Waals surface area contributed by atoms with Gasteiger partial charge in [-0.1, -0.05) is 24.3 Å². The Morgan fingerprint density at radius 3 is 2.23 bits per heavy atom. The number of carboxylic acid groups (broad SMARTS) is 1. The highest BCUT2D eigenvalue weighted by Gasteiger charge is 2.21. The Kier molecular flexibility index (Phi) is 9.82. The highest BCUT2D eigenvalue weighted by Crippen LogP contribution is 2.30. The molecule has 1 aromatic heterocycles. The monoisotopic (exact) mass is 454 g/mol. The summed E-state index contributed by atoms with van der Waals surface area (Å²) >= 11 is 3.30. The quantitative estimate of drug-likeness (QED) is 0.511. The highest BCUT2D eigenvalue weighted by atomic mass is 32.2. The first kappa shape index (κ1) is 25.5. The van der Waals surface area contributed by atoms with E-state index in [9.17, 15) is 28.3 Å². The Labute approximate surface area is 182 Å². The minimum Gasteiger partial charge on any atom is -0.477 e. The van der Waals surface area contributed by atoms with Crippen LogP contribution in [0.4, 0.5) is 13.2 Å². The number of allylic oxidation sites excluding steroid dienone is 1. The van der Waals surface area contributed by atoms with Gasteiger partial charge in [0.1, 0.15) is 11.8 Å². The number of carboxylic acids is 1. The zero-order chi connectivity index (χ0) is 22.9. The van der Waals surface area contributed by atoms with Crippen molar-refractivity contribution >= 4 is 35.6 Å². The van der Waals surface area contributed by atoms with Gasteiger partial charge in [-0.2, -0.15) is 18.4 Å². The van der Waals surface area contributed by atoms with Crippen molar-refractivity contribution in [3.05, 3.63) is 63.7 Å². The summed E-state index contributed by atoms with van der Waals surface area (Å²) in [5.74, 6) is -1.05. The topological polar surface area (TPSA) is 66.0 Å². The van der Waals surface area contributed by atoms with E-state index >= 15 is 0 Å². The molecule has 160 valence electrons. The Morgan fingerprint density at radius 1 is 1.23 bits per heavy atom. The number of halogens is 3. The van der Waals surface area contributed by atoms with Crippen molar-refractivity contribution in [3.8, 4) is 17.2 Å². The summed E-state index contributed by atoms with van der Waals surface area (Å²) in [7, 11) is 1.63. The van der Waals surface area contributed by atoms with Crippen LogP contribution in [0.15, 0.2) is 46.9 Å². The Morgan fingerprint density at radius 2 is 1.80 bits per heavy atom. The van der Waals surface area contributed by atoms with Crippen molar-refractivity contribution in [1.82, 2.24) is 4.57 Å².